The van der Waals surface area contributed by atoms with Crippen LogP contribution in [0.2, 0.25) is 10.0 Å². The molecule has 0 spiro atoms. The molecule has 7 nitrogen and oxygen atoms in total. The van der Waals surface area contributed by atoms with Crippen molar-refractivity contribution in [1.29, 1.82) is 0 Å². The summed E-state index contributed by atoms with van der Waals surface area (Å²) in [5, 5.41) is 12.0. The van der Waals surface area contributed by atoms with Gasteiger partial charge in [-0.2, -0.15) is 0 Å². The van der Waals surface area contributed by atoms with Crippen LogP contribution in [0.15, 0.2) is 46.4 Å². The fraction of sp³-hybridized carbons (Fsp3) is 0. The molecule has 2 amide bonds. The molecule has 1 aliphatic heterocycles. The molecule has 0 aliphatic carbocycles. The number of hydrogen-bond acceptors (Lipinski definition) is 4. The standard InChI is InChI=1S/C16H8BrCl2N3O4/c17-9-1-3-10(4-2-9)21-16(24)11(15(23)20-21)5-8-6-14(22(25)26)13(19)7-12(8)18/h1-7H,(H,20,23)/b11-5-. The first-order valence-corrected chi connectivity index (χ1v) is 8.59. The highest BCUT2D eigenvalue weighted by Crippen LogP contribution is 2.33. The van der Waals surface area contributed by atoms with Gasteiger partial charge in [-0.3, -0.25) is 25.1 Å². The fourth-order valence-electron chi connectivity index (χ4n) is 2.29. The molecule has 0 radical (unpaired) electrons. The van der Waals surface area contributed by atoms with Crippen LogP contribution in [-0.2, 0) is 9.59 Å². The molecule has 0 atom stereocenters. The number of nitrogens with one attached hydrogen (secondary N) is 1. The Hall–Kier alpha value is -2.42. The van der Waals surface area contributed by atoms with E-state index in [9.17, 15) is 19.7 Å². The van der Waals surface area contributed by atoms with Crippen molar-refractivity contribution < 1.29 is 14.5 Å². The minimum absolute atomic E-state index is 0.0794. The number of benzene rings is 2. The molecule has 2 aromatic carbocycles. The maximum Gasteiger partial charge on any atom is 0.288 e. The van der Waals surface area contributed by atoms with E-state index in [4.69, 9.17) is 23.2 Å². The SMILES string of the molecule is O=C1NN(c2ccc(Br)cc2)C(=O)/C1=C\c1cc([N+](=O)[O-])c(Cl)cc1Cl. The van der Waals surface area contributed by atoms with Crippen molar-refractivity contribution >= 4 is 68.4 Å². The predicted octanol–water partition coefficient (Wildman–Crippen LogP) is 4.13. The van der Waals surface area contributed by atoms with E-state index in [0.717, 1.165) is 15.5 Å². The Kier molecular flexibility index (Phi) is 4.99. The van der Waals surface area contributed by atoms with Gasteiger partial charge in [0.05, 0.1) is 10.6 Å². The zero-order valence-electron chi connectivity index (χ0n) is 12.7. The van der Waals surface area contributed by atoms with Gasteiger partial charge in [-0.1, -0.05) is 39.1 Å². The topological polar surface area (TPSA) is 92.6 Å². The highest BCUT2D eigenvalue weighted by molar-refractivity contribution is 9.10. The maximum absolute atomic E-state index is 12.6. The lowest BCUT2D eigenvalue weighted by molar-refractivity contribution is -0.384. The summed E-state index contributed by atoms with van der Waals surface area (Å²) in [5.74, 6) is -1.25. The van der Waals surface area contributed by atoms with E-state index in [-0.39, 0.29) is 26.9 Å². The number of nitrogens with zero attached hydrogens (tertiary/aromatic N) is 2. The first kappa shape index (κ1) is 18.4. The summed E-state index contributed by atoms with van der Waals surface area (Å²) in [5.41, 5.74) is 2.46. The van der Waals surface area contributed by atoms with Crippen molar-refractivity contribution in [2.45, 2.75) is 0 Å². The van der Waals surface area contributed by atoms with Gasteiger partial charge in [0.1, 0.15) is 10.6 Å². The normalized spacial score (nSPS) is 15.5. The zero-order chi connectivity index (χ0) is 19.0. The lowest BCUT2D eigenvalue weighted by Gasteiger charge is -2.14. The summed E-state index contributed by atoms with van der Waals surface area (Å²) < 4.78 is 0.815. The molecule has 3 rings (SSSR count). The van der Waals surface area contributed by atoms with E-state index >= 15 is 0 Å². The van der Waals surface area contributed by atoms with Crippen molar-refractivity contribution in [3.05, 3.63) is 72.2 Å². The van der Waals surface area contributed by atoms with Crippen LogP contribution >= 0.6 is 39.1 Å². The summed E-state index contributed by atoms with van der Waals surface area (Å²) in [6.07, 6.45) is 1.20. The summed E-state index contributed by atoms with van der Waals surface area (Å²) in [6.45, 7) is 0. The number of carbonyl (C=O) groups is 2. The number of carbonyl (C=O) groups excluding carboxylic acids is 2. The third-order valence-corrected chi connectivity index (χ3v) is 4.70. The molecule has 1 N–H and O–H groups in total. The summed E-state index contributed by atoms with van der Waals surface area (Å²) >= 11 is 15.1. The summed E-state index contributed by atoms with van der Waals surface area (Å²) in [7, 11) is 0. The molecule has 0 saturated carbocycles. The van der Waals surface area contributed by atoms with Crippen molar-refractivity contribution in [3.63, 3.8) is 0 Å². The smallest absolute Gasteiger partial charge is 0.267 e. The quantitative estimate of drug-likeness (QED) is 0.325. The Morgan fingerprint density at radius 3 is 2.38 bits per heavy atom. The second-order valence-corrected chi connectivity index (χ2v) is 6.93. The number of halogens is 3. The van der Waals surface area contributed by atoms with E-state index in [1.807, 2.05) is 0 Å². The molecule has 26 heavy (non-hydrogen) atoms. The van der Waals surface area contributed by atoms with Gasteiger partial charge in [0.15, 0.2) is 0 Å². The minimum Gasteiger partial charge on any atom is -0.267 e. The third-order valence-electron chi connectivity index (χ3n) is 3.54. The summed E-state index contributed by atoms with van der Waals surface area (Å²) in [6, 6.07) is 9.03. The van der Waals surface area contributed by atoms with Crippen LogP contribution in [0.3, 0.4) is 0 Å². The van der Waals surface area contributed by atoms with Gasteiger partial charge in [-0.15, -0.1) is 0 Å². The Bertz CT molecular complexity index is 976. The van der Waals surface area contributed by atoms with Crippen LogP contribution in [0, 0.1) is 10.1 Å². The van der Waals surface area contributed by atoms with E-state index in [1.54, 1.807) is 24.3 Å². The third kappa shape index (κ3) is 3.44. The molecule has 1 heterocycles. The number of nitro groups is 1. The molecule has 0 aromatic heterocycles. The van der Waals surface area contributed by atoms with Gasteiger partial charge >= 0.3 is 0 Å². The molecule has 0 bridgehead atoms. The molecule has 1 aliphatic rings. The van der Waals surface area contributed by atoms with Crippen LogP contribution in [0.1, 0.15) is 5.56 Å². The van der Waals surface area contributed by atoms with Crippen LogP contribution in [0.5, 0.6) is 0 Å². The second kappa shape index (κ2) is 7.06. The molecule has 1 fully saturated rings. The van der Waals surface area contributed by atoms with E-state index in [0.29, 0.717) is 5.69 Å². The van der Waals surface area contributed by atoms with Crippen molar-refractivity contribution in [2.24, 2.45) is 0 Å². The molecule has 0 unspecified atom stereocenters. The first-order chi connectivity index (χ1) is 12.3. The van der Waals surface area contributed by atoms with Gasteiger partial charge in [-0.05, 0) is 36.4 Å². The zero-order valence-corrected chi connectivity index (χ0v) is 15.8. The fourth-order valence-corrected chi connectivity index (χ4v) is 3.06. The van der Waals surface area contributed by atoms with Gasteiger partial charge in [-0.25, -0.2) is 5.01 Å². The predicted molar refractivity (Wildman–Crippen MR) is 101 cm³/mol. The Balaban J connectivity index is 2.00. The highest BCUT2D eigenvalue weighted by atomic mass is 79.9. The number of hydrogen-bond donors (Lipinski definition) is 1. The molecular formula is C16H8BrCl2N3O4. The lowest BCUT2D eigenvalue weighted by Crippen LogP contribution is -2.35. The number of hydrazine groups is 1. The number of nitro benzene ring substituents is 1. The van der Waals surface area contributed by atoms with Crippen LogP contribution in [0.25, 0.3) is 6.08 Å². The minimum atomic E-state index is -0.675. The lowest BCUT2D eigenvalue weighted by atomic mass is 10.1. The van der Waals surface area contributed by atoms with Gasteiger partial charge in [0.2, 0.25) is 0 Å². The van der Waals surface area contributed by atoms with Crippen LogP contribution < -0.4 is 10.4 Å². The number of rotatable bonds is 3. The van der Waals surface area contributed by atoms with Crippen LogP contribution in [0.4, 0.5) is 11.4 Å². The maximum atomic E-state index is 12.6. The Labute approximate surface area is 165 Å². The van der Waals surface area contributed by atoms with E-state index < -0.39 is 16.7 Å². The highest BCUT2D eigenvalue weighted by Gasteiger charge is 2.34. The second-order valence-electron chi connectivity index (χ2n) is 5.20. The Morgan fingerprint density at radius 1 is 1.12 bits per heavy atom. The monoisotopic (exact) mass is 455 g/mol. The van der Waals surface area contributed by atoms with Crippen molar-refractivity contribution in [2.75, 3.05) is 5.01 Å². The molecule has 1 saturated heterocycles. The average molecular weight is 457 g/mol. The molecular weight excluding hydrogens is 449 g/mol. The van der Waals surface area contributed by atoms with Crippen molar-refractivity contribution in [1.82, 2.24) is 5.43 Å². The first-order valence-electron chi connectivity index (χ1n) is 7.04. The number of amides is 2. The van der Waals surface area contributed by atoms with Crippen molar-refractivity contribution in [3.8, 4) is 0 Å². The Morgan fingerprint density at radius 2 is 1.77 bits per heavy atom. The van der Waals surface area contributed by atoms with E-state index in [2.05, 4.69) is 21.4 Å². The number of anilines is 1. The molecule has 10 heteroatoms. The average Bonchev–Trinajstić information content (AvgIpc) is 2.85. The van der Waals surface area contributed by atoms with Gasteiger partial charge in [0, 0.05) is 21.1 Å². The largest absolute Gasteiger partial charge is 0.288 e. The van der Waals surface area contributed by atoms with Crippen LogP contribution in [-0.4, -0.2) is 16.7 Å². The van der Waals surface area contributed by atoms with Gasteiger partial charge < -0.3 is 0 Å². The summed E-state index contributed by atoms with van der Waals surface area (Å²) in [4.78, 5) is 35.1. The van der Waals surface area contributed by atoms with E-state index in [1.165, 1.54) is 12.1 Å². The van der Waals surface area contributed by atoms with Gasteiger partial charge in [0.25, 0.3) is 17.5 Å². The molecule has 132 valence electrons. The molecule has 2 aromatic rings.